The summed E-state index contributed by atoms with van der Waals surface area (Å²) in [5, 5.41) is 11.8. The second-order valence-electron chi connectivity index (χ2n) is 25.8. The van der Waals surface area contributed by atoms with Gasteiger partial charge in [0.15, 0.2) is 12.4 Å². The first-order chi connectivity index (χ1) is 44.6. The van der Waals surface area contributed by atoms with E-state index in [1.54, 1.807) is 0 Å². The molecule has 0 saturated carbocycles. The van der Waals surface area contributed by atoms with E-state index in [1.165, 1.54) is 173 Å². The molecule has 0 aromatic rings. The predicted octanol–water partition coefficient (Wildman–Crippen LogP) is 22.4. The Morgan fingerprint density at radius 1 is 0.330 bits per heavy atom. The SMILES string of the molecule is CC/C=C\C/C=C\C/C=C\C/C=C\C/C=C\C/C=C\CCCCCCCCCCCCCCCCCCCCCCC(=O)OC(COC(=O)CCCCCCCCCCCCC/C=C\C/C=C\C/C=C\C/C=C\C/C=C\CC)COC(OCC[N+](C)(C)C)C(=O)[O-]. The normalized spacial score (nSPS) is 13.5. The minimum absolute atomic E-state index is 0.144. The van der Waals surface area contributed by atoms with Gasteiger partial charge in [-0.3, -0.25) is 9.59 Å². The Morgan fingerprint density at radius 3 is 0.879 bits per heavy atom. The van der Waals surface area contributed by atoms with Crippen molar-refractivity contribution in [2.45, 2.75) is 322 Å². The first-order valence-corrected chi connectivity index (χ1v) is 37.3. The van der Waals surface area contributed by atoms with E-state index in [1.807, 2.05) is 21.1 Å². The largest absolute Gasteiger partial charge is 0.545 e. The van der Waals surface area contributed by atoms with Gasteiger partial charge in [0.05, 0.1) is 40.3 Å². The van der Waals surface area contributed by atoms with Crippen LogP contribution in [0, 0.1) is 0 Å². The second-order valence-corrected chi connectivity index (χ2v) is 25.8. The molecule has 91 heavy (non-hydrogen) atoms. The maximum atomic E-state index is 13.0. The number of carboxylic acids is 1. The Labute approximate surface area is 560 Å². The van der Waals surface area contributed by atoms with Gasteiger partial charge >= 0.3 is 11.9 Å². The fraction of sp³-hybridized carbons (Fsp3) is 0.695. The van der Waals surface area contributed by atoms with Crippen LogP contribution in [0.25, 0.3) is 0 Å². The lowest BCUT2D eigenvalue weighted by Gasteiger charge is -2.26. The summed E-state index contributed by atoms with van der Waals surface area (Å²) < 4.78 is 22.8. The third-order valence-corrected chi connectivity index (χ3v) is 15.9. The number of carbonyl (C=O) groups is 3. The van der Waals surface area contributed by atoms with Crippen molar-refractivity contribution in [2.75, 3.05) is 47.5 Å². The Kier molecular flexibility index (Phi) is 67.7. The molecule has 0 aliphatic carbocycles. The van der Waals surface area contributed by atoms with Crippen molar-refractivity contribution >= 4 is 17.9 Å². The number of carboxylic acid groups (broad SMARTS) is 1. The van der Waals surface area contributed by atoms with Crippen LogP contribution in [0.4, 0.5) is 0 Å². The Hall–Kier alpha value is -4.57. The standard InChI is InChI=1S/C82H139NO8/c1-6-8-10-12-14-16-18-20-22-24-26-28-30-32-34-35-36-37-38-39-40-41-42-43-44-45-47-49-51-53-55-57-59-61-63-65-67-69-71-73-80(85)91-78(77-90-82(81(86)87)88-75-74-83(3,4)5)76-89-79(84)72-70-68-66-64-62-60-58-56-54-52-50-48-46-33-31-29-27-25-23-21-19-17-15-13-11-9-7-2/h8-11,14-17,20-23,26-29,32-34,36-37,46,78,82H,6-7,12-13,18-19,24-25,30-31,35,38-45,47-77H2,1-5H3/b10-8-,11-9-,16-14-,17-15-,22-20-,23-21-,28-26-,29-27-,34-32-,37-36-,46-33-. The number of unbranched alkanes of at least 4 members (excludes halogenated alkanes) is 31. The van der Waals surface area contributed by atoms with Gasteiger partial charge in [-0.1, -0.05) is 321 Å². The first kappa shape index (κ1) is 86.4. The molecule has 0 aromatic heterocycles. The van der Waals surface area contributed by atoms with Crippen molar-refractivity contribution in [1.82, 2.24) is 0 Å². The molecule has 0 amide bonds. The maximum Gasteiger partial charge on any atom is 0.306 e. The molecule has 0 heterocycles. The topological polar surface area (TPSA) is 111 Å². The molecule has 2 unspecified atom stereocenters. The zero-order valence-electron chi connectivity index (χ0n) is 59.4. The van der Waals surface area contributed by atoms with Gasteiger partial charge in [-0.15, -0.1) is 0 Å². The quantitative estimate of drug-likeness (QED) is 0.0195. The molecule has 0 aliphatic rings. The number of ether oxygens (including phenoxy) is 4. The minimum atomic E-state index is -1.63. The summed E-state index contributed by atoms with van der Waals surface area (Å²) >= 11 is 0. The lowest BCUT2D eigenvalue weighted by atomic mass is 10.0. The number of quaternary nitrogens is 1. The molecule has 9 heteroatoms. The van der Waals surface area contributed by atoms with E-state index >= 15 is 0 Å². The predicted molar refractivity (Wildman–Crippen MR) is 389 cm³/mol. The average molecular weight is 1270 g/mol. The van der Waals surface area contributed by atoms with E-state index in [9.17, 15) is 19.5 Å². The van der Waals surface area contributed by atoms with Crippen LogP contribution < -0.4 is 5.11 Å². The number of rotatable bonds is 68. The summed E-state index contributed by atoms with van der Waals surface area (Å²) in [5.74, 6) is -2.28. The first-order valence-electron chi connectivity index (χ1n) is 37.3. The summed E-state index contributed by atoms with van der Waals surface area (Å²) in [5.41, 5.74) is 0. The van der Waals surface area contributed by atoms with Crippen molar-refractivity contribution in [1.29, 1.82) is 0 Å². The molecule has 0 fully saturated rings. The van der Waals surface area contributed by atoms with Crippen LogP contribution in [0.1, 0.15) is 309 Å². The summed E-state index contributed by atoms with van der Waals surface area (Å²) in [6.07, 6.45) is 99.7. The van der Waals surface area contributed by atoms with Crippen molar-refractivity contribution in [3.05, 3.63) is 134 Å². The molecule has 9 nitrogen and oxygen atoms in total. The van der Waals surface area contributed by atoms with Crippen molar-refractivity contribution in [2.24, 2.45) is 0 Å². The van der Waals surface area contributed by atoms with Gasteiger partial charge in [0.2, 0.25) is 0 Å². The molecular weight excluding hydrogens is 1130 g/mol. The van der Waals surface area contributed by atoms with Crippen LogP contribution in [0.3, 0.4) is 0 Å². The molecule has 0 N–H and O–H groups in total. The summed E-state index contributed by atoms with van der Waals surface area (Å²) in [4.78, 5) is 37.6. The maximum absolute atomic E-state index is 13.0. The Balaban J connectivity index is 4.05. The van der Waals surface area contributed by atoms with Gasteiger partial charge in [-0.25, -0.2) is 0 Å². The van der Waals surface area contributed by atoms with Gasteiger partial charge in [-0.05, 0) is 109 Å². The highest BCUT2D eigenvalue weighted by molar-refractivity contribution is 5.70. The molecule has 0 spiro atoms. The van der Waals surface area contributed by atoms with E-state index in [-0.39, 0.29) is 38.6 Å². The number of esters is 2. The van der Waals surface area contributed by atoms with Gasteiger partial charge in [-0.2, -0.15) is 0 Å². The van der Waals surface area contributed by atoms with Crippen molar-refractivity contribution < 1.29 is 42.9 Å². The highest BCUT2D eigenvalue weighted by atomic mass is 16.7. The lowest BCUT2D eigenvalue weighted by Crippen LogP contribution is -2.44. The zero-order chi connectivity index (χ0) is 66.1. The molecular formula is C82H139NO8. The number of carbonyl (C=O) groups excluding carboxylic acids is 3. The molecule has 520 valence electrons. The van der Waals surface area contributed by atoms with Gasteiger partial charge in [0, 0.05) is 12.8 Å². The third-order valence-electron chi connectivity index (χ3n) is 15.9. The zero-order valence-corrected chi connectivity index (χ0v) is 59.4. The van der Waals surface area contributed by atoms with E-state index in [0.717, 1.165) is 103 Å². The van der Waals surface area contributed by atoms with Crippen LogP contribution in [-0.4, -0.2) is 82.3 Å². The van der Waals surface area contributed by atoms with Gasteiger partial charge in [0.1, 0.15) is 13.2 Å². The van der Waals surface area contributed by atoms with Crippen molar-refractivity contribution in [3.63, 3.8) is 0 Å². The van der Waals surface area contributed by atoms with Crippen molar-refractivity contribution in [3.8, 4) is 0 Å². The molecule has 0 saturated heterocycles. The number of hydrogen-bond acceptors (Lipinski definition) is 8. The number of allylic oxidation sites excluding steroid dienone is 22. The van der Waals surface area contributed by atoms with Crippen LogP contribution in [-0.2, 0) is 33.3 Å². The summed E-state index contributed by atoms with van der Waals surface area (Å²) in [6, 6.07) is 0. The molecule has 2 atom stereocenters. The fourth-order valence-electron chi connectivity index (χ4n) is 10.3. The Morgan fingerprint density at radius 2 is 0.593 bits per heavy atom. The monoisotopic (exact) mass is 1270 g/mol. The molecule has 0 bridgehead atoms. The van der Waals surface area contributed by atoms with Crippen LogP contribution in [0.2, 0.25) is 0 Å². The van der Waals surface area contributed by atoms with Gasteiger partial charge < -0.3 is 33.3 Å². The second kappa shape index (κ2) is 71.3. The smallest absolute Gasteiger partial charge is 0.306 e. The fourth-order valence-corrected chi connectivity index (χ4v) is 10.3. The summed E-state index contributed by atoms with van der Waals surface area (Å²) in [6.45, 7) is 4.54. The number of likely N-dealkylation sites (N-methyl/N-ethyl adjacent to an activating group) is 1. The van der Waals surface area contributed by atoms with E-state index in [0.29, 0.717) is 17.4 Å². The molecule has 0 aliphatic heterocycles. The molecule has 0 aromatic carbocycles. The van der Waals surface area contributed by atoms with E-state index in [2.05, 4.69) is 148 Å². The Bertz CT molecular complexity index is 1960. The third kappa shape index (κ3) is 72.7. The highest BCUT2D eigenvalue weighted by Gasteiger charge is 2.22. The minimum Gasteiger partial charge on any atom is -0.545 e. The average Bonchev–Trinajstić information content (AvgIpc) is 3.46. The number of nitrogens with zero attached hydrogens (tertiary/aromatic N) is 1. The molecule has 0 rings (SSSR count). The van der Waals surface area contributed by atoms with E-state index in [4.69, 9.17) is 18.9 Å². The van der Waals surface area contributed by atoms with Crippen LogP contribution >= 0.6 is 0 Å². The number of aliphatic carboxylic acids is 1. The molecule has 0 radical (unpaired) electrons. The van der Waals surface area contributed by atoms with E-state index < -0.39 is 24.3 Å². The van der Waals surface area contributed by atoms with Crippen LogP contribution in [0.15, 0.2) is 134 Å². The van der Waals surface area contributed by atoms with Crippen LogP contribution in [0.5, 0.6) is 0 Å². The lowest BCUT2D eigenvalue weighted by molar-refractivity contribution is -0.870. The highest BCUT2D eigenvalue weighted by Crippen LogP contribution is 2.18. The summed E-state index contributed by atoms with van der Waals surface area (Å²) in [7, 11) is 5.93. The van der Waals surface area contributed by atoms with Gasteiger partial charge in [0.25, 0.3) is 0 Å². The number of hydrogen-bond donors (Lipinski definition) is 0.